The molecule has 0 aliphatic rings. The van der Waals surface area contributed by atoms with E-state index in [2.05, 4.69) is 32.5 Å². The number of nitrogens with zero attached hydrogens (tertiary/aromatic N) is 3. The number of thiazole rings is 1. The van der Waals surface area contributed by atoms with Gasteiger partial charge in [-0.25, -0.2) is 15.0 Å². The maximum Gasteiger partial charge on any atom is 0.191 e. The van der Waals surface area contributed by atoms with Gasteiger partial charge in [-0.2, -0.15) is 0 Å². The summed E-state index contributed by atoms with van der Waals surface area (Å²) in [5.41, 5.74) is 0. The SMILES string of the molecule is CNc1cc(NCc2ncc(C)s2)nc(SC)n1. The molecule has 0 aromatic carbocycles. The van der Waals surface area contributed by atoms with E-state index >= 15 is 0 Å². The molecule has 0 aliphatic heterocycles. The third-order valence-electron chi connectivity index (χ3n) is 2.23. The van der Waals surface area contributed by atoms with Crippen molar-refractivity contribution in [2.24, 2.45) is 0 Å². The second kappa shape index (κ2) is 6.01. The molecule has 2 N–H and O–H groups in total. The van der Waals surface area contributed by atoms with Gasteiger partial charge in [-0.3, -0.25) is 0 Å². The predicted octanol–water partition coefficient (Wildman–Crippen LogP) is 2.62. The molecule has 0 unspecified atom stereocenters. The first kappa shape index (κ1) is 13.1. The van der Waals surface area contributed by atoms with Crippen LogP contribution in [0.1, 0.15) is 9.88 Å². The summed E-state index contributed by atoms with van der Waals surface area (Å²) in [7, 11) is 1.85. The zero-order chi connectivity index (χ0) is 13.0. The topological polar surface area (TPSA) is 62.7 Å². The fourth-order valence-electron chi connectivity index (χ4n) is 1.38. The lowest BCUT2D eigenvalue weighted by Gasteiger charge is -2.07. The fourth-order valence-corrected chi connectivity index (χ4v) is 2.49. The van der Waals surface area contributed by atoms with Crippen molar-refractivity contribution in [1.29, 1.82) is 0 Å². The number of rotatable bonds is 5. The zero-order valence-electron chi connectivity index (χ0n) is 10.5. The van der Waals surface area contributed by atoms with E-state index in [1.54, 1.807) is 11.3 Å². The largest absolute Gasteiger partial charge is 0.373 e. The average molecular weight is 281 g/mol. The lowest BCUT2D eigenvalue weighted by molar-refractivity contribution is 0.955. The first-order valence-corrected chi connectivity index (χ1v) is 7.51. The van der Waals surface area contributed by atoms with Crippen molar-refractivity contribution < 1.29 is 0 Å². The Hall–Kier alpha value is -1.34. The molecule has 2 rings (SSSR count). The van der Waals surface area contributed by atoms with Crippen LogP contribution in [-0.2, 0) is 6.54 Å². The Kier molecular flexibility index (Phi) is 4.38. The quantitative estimate of drug-likeness (QED) is 0.649. The third kappa shape index (κ3) is 3.33. The fraction of sp³-hybridized carbons (Fsp3) is 0.364. The molecule has 7 heteroatoms. The standard InChI is InChI=1S/C11H15N5S2/c1-7-5-14-10(18-7)6-13-9-4-8(12-2)15-11(16-9)17-3/h4-5H,6H2,1-3H3,(H2,12,13,15,16). The number of aryl methyl sites for hydroxylation is 1. The summed E-state index contributed by atoms with van der Waals surface area (Å²) in [6.45, 7) is 2.74. The molecular weight excluding hydrogens is 266 g/mol. The van der Waals surface area contributed by atoms with Crippen LogP contribution in [0.3, 0.4) is 0 Å². The molecule has 0 aliphatic carbocycles. The lowest BCUT2D eigenvalue weighted by Crippen LogP contribution is -2.04. The van der Waals surface area contributed by atoms with Crippen molar-refractivity contribution in [3.8, 4) is 0 Å². The smallest absolute Gasteiger partial charge is 0.191 e. The molecule has 0 saturated carbocycles. The van der Waals surface area contributed by atoms with Crippen molar-refractivity contribution >= 4 is 34.7 Å². The molecular formula is C11H15N5S2. The van der Waals surface area contributed by atoms with Gasteiger partial charge in [0.15, 0.2) is 5.16 Å². The molecule has 18 heavy (non-hydrogen) atoms. The molecule has 0 atom stereocenters. The van der Waals surface area contributed by atoms with E-state index in [1.807, 2.05) is 25.6 Å². The minimum Gasteiger partial charge on any atom is -0.373 e. The number of aromatic nitrogens is 3. The maximum atomic E-state index is 4.40. The maximum absolute atomic E-state index is 4.40. The molecule has 0 bridgehead atoms. The predicted molar refractivity (Wildman–Crippen MR) is 77.5 cm³/mol. The van der Waals surface area contributed by atoms with Crippen LogP contribution in [0.5, 0.6) is 0 Å². The summed E-state index contributed by atoms with van der Waals surface area (Å²) >= 11 is 3.21. The van der Waals surface area contributed by atoms with E-state index < -0.39 is 0 Å². The number of hydrogen-bond donors (Lipinski definition) is 2. The average Bonchev–Trinajstić information content (AvgIpc) is 2.81. The highest BCUT2D eigenvalue weighted by Gasteiger charge is 2.04. The summed E-state index contributed by atoms with van der Waals surface area (Å²) in [5, 5.41) is 8.10. The third-order valence-corrected chi connectivity index (χ3v) is 3.69. The van der Waals surface area contributed by atoms with Crippen molar-refractivity contribution in [2.45, 2.75) is 18.6 Å². The van der Waals surface area contributed by atoms with Crippen LogP contribution in [0.4, 0.5) is 11.6 Å². The van der Waals surface area contributed by atoms with Gasteiger partial charge in [-0.05, 0) is 13.2 Å². The van der Waals surface area contributed by atoms with Gasteiger partial charge in [0, 0.05) is 24.2 Å². The van der Waals surface area contributed by atoms with Gasteiger partial charge in [0.2, 0.25) is 0 Å². The zero-order valence-corrected chi connectivity index (χ0v) is 12.2. The van der Waals surface area contributed by atoms with Crippen LogP contribution in [0.15, 0.2) is 17.4 Å². The minimum absolute atomic E-state index is 0.687. The van der Waals surface area contributed by atoms with E-state index in [0.29, 0.717) is 6.54 Å². The Morgan fingerprint density at radius 1 is 1.33 bits per heavy atom. The second-order valence-corrected chi connectivity index (χ2v) is 5.69. The highest BCUT2D eigenvalue weighted by atomic mass is 32.2. The first-order valence-electron chi connectivity index (χ1n) is 5.47. The normalized spacial score (nSPS) is 10.4. The summed E-state index contributed by atoms with van der Waals surface area (Å²) < 4.78 is 0. The molecule has 5 nitrogen and oxygen atoms in total. The number of thioether (sulfide) groups is 1. The molecule has 0 spiro atoms. The van der Waals surface area contributed by atoms with Gasteiger partial charge in [-0.15, -0.1) is 11.3 Å². The van der Waals surface area contributed by atoms with Crippen molar-refractivity contribution in [2.75, 3.05) is 23.9 Å². The number of anilines is 2. The molecule has 2 aromatic rings. The Morgan fingerprint density at radius 2 is 2.11 bits per heavy atom. The van der Waals surface area contributed by atoms with Gasteiger partial charge in [-0.1, -0.05) is 11.8 Å². The van der Waals surface area contributed by atoms with Crippen molar-refractivity contribution in [3.63, 3.8) is 0 Å². The van der Waals surface area contributed by atoms with E-state index in [9.17, 15) is 0 Å². The minimum atomic E-state index is 0.687. The Morgan fingerprint density at radius 3 is 2.72 bits per heavy atom. The van der Waals surface area contributed by atoms with Crippen LogP contribution in [0.25, 0.3) is 0 Å². The molecule has 0 fully saturated rings. The molecule has 96 valence electrons. The Bertz CT molecular complexity index is 504. The lowest BCUT2D eigenvalue weighted by atomic mass is 10.5. The first-order chi connectivity index (χ1) is 8.71. The molecule has 2 heterocycles. The van der Waals surface area contributed by atoms with Gasteiger partial charge in [0.1, 0.15) is 16.6 Å². The van der Waals surface area contributed by atoms with Gasteiger partial charge < -0.3 is 10.6 Å². The van der Waals surface area contributed by atoms with Crippen molar-refractivity contribution in [1.82, 2.24) is 15.0 Å². The molecule has 0 saturated heterocycles. The van der Waals surface area contributed by atoms with Crippen LogP contribution < -0.4 is 10.6 Å². The number of nitrogens with one attached hydrogen (secondary N) is 2. The van der Waals surface area contributed by atoms with E-state index in [1.165, 1.54) is 16.6 Å². The number of hydrogen-bond acceptors (Lipinski definition) is 7. The summed E-state index contributed by atoms with van der Waals surface area (Å²) in [4.78, 5) is 14.2. The molecule has 2 aromatic heterocycles. The summed E-state index contributed by atoms with van der Waals surface area (Å²) in [5.74, 6) is 1.62. The molecule has 0 radical (unpaired) electrons. The summed E-state index contributed by atoms with van der Waals surface area (Å²) in [6.07, 6.45) is 3.84. The molecule has 0 amide bonds. The van der Waals surface area contributed by atoms with Crippen LogP contribution >= 0.6 is 23.1 Å². The van der Waals surface area contributed by atoms with E-state index in [0.717, 1.165) is 21.8 Å². The van der Waals surface area contributed by atoms with Crippen molar-refractivity contribution in [3.05, 3.63) is 22.1 Å². The highest BCUT2D eigenvalue weighted by molar-refractivity contribution is 7.98. The monoisotopic (exact) mass is 281 g/mol. The Balaban J connectivity index is 2.08. The van der Waals surface area contributed by atoms with E-state index in [4.69, 9.17) is 0 Å². The Labute approximate surface area is 114 Å². The van der Waals surface area contributed by atoms with Gasteiger partial charge in [0.25, 0.3) is 0 Å². The van der Waals surface area contributed by atoms with Crippen LogP contribution in [0.2, 0.25) is 0 Å². The van der Waals surface area contributed by atoms with Gasteiger partial charge in [0.05, 0.1) is 6.54 Å². The van der Waals surface area contributed by atoms with Crippen LogP contribution in [0, 0.1) is 6.92 Å². The van der Waals surface area contributed by atoms with Gasteiger partial charge >= 0.3 is 0 Å². The van der Waals surface area contributed by atoms with E-state index in [-0.39, 0.29) is 0 Å². The van der Waals surface area contributed by atoms with Crippen LogP contribution in [-0.4, -0.2) is 28.3 Å². The second-order valence-electron chi connectivity index (χ2n) is 3.59. The highest BCUT2D eigenvalue weighted by Crippen LogP contribution is 2.18. The summed E-state index contributed by atoms with van der Waals surface area (Å²) in [6, 6.07) is 1.89.